The van der Waals surface area contributed by atoms with Crippen LogP contribution in [-0.4, -0.2) is 43.7 Å². The molecule has 1 fully saturated rings. The quantitative estimate of drug-likeness (QED) is 0.346. The maximum Gasteiger partial charge on any atom is 0.434 e. The number of aryl methyl sites for hydroxylation is 1. The minimum Gasteiger partial charge on any atom is -0.391 e. The number of H-pyrrole nitrogens is 1. The zero-order valence-electron chi connectivity index (χ0n) is 21.9. The Morgan fingerprint density at radius 1 is 1.18 bits per heavy atom. The maximum absolute atomic E-state index is 15.0. The lowest BCUT2D eigenvalue weighted by Gasteiger charge is -2.29. The molecule has 12 heteroatoms. The summed E-state index contributed by atoms with van der Waals surface area (Å²) >= 11 is 6.55. The van der Waals surface area contributed by atoms with Crippen LogP contribution in [0.25, 0.3) is 0 Å². The van der Waals surface area contributed by atoms with E-state index in [0.29, 0.717) is 33.9 Å². The molecule has 0 bridgehead atoms. The minimum absolute atomic E-state index is 0.0204. The number of nitrogens with zero attached hydrogens (tertiary/aromatic N) is 2. The molecule has 206 valence electrons. The molecule has 9 nitrogen and oxygen atoms in total. The van der Waals surface area contributed by atoms with Crippen molar-refractivity contribution in [3.63, 3.8) is 0 Å². The average molecular weight is 566 g/mol. The Hall–Kier alpha value is -2.73. The number of hydrogen-bond acceptors (Lipinski definition) is 7. The summed E-state index contributed by atoms with van der Waals surface area (Å²) < 4.78 is 50.6. The van der Waals surface area contributed by atoms with Gasteiger partial charge in [0.25, 0.3) is 0 Å². The summed E-state index contributed by atoms with van der Waals surface area (Å²) in [5.41, 5.74) is 2.87. The molecule has 38 heavy (non-hydrogen) atoms. The molecule has 4 rings (SSSR count). The molecule has 0 amide bonds. The van der Waals surface area contributed by atoms with E-state index in [9.17, 15) is 13.2 Å². The summed E-state index contributed by atoms with van der Waals surface area (Å²) in [6, 6.07) is 4.81. The lowest BCUT2D eigenvalue weighted by molar-refractivity contribution is 0.221. The second kappa shape index (κ2) is 11.6. The third-order valence-corrected chi connectivity index (χ3v) is 9.12. The molecule has 0 spiro atoms. The van der Waals surface area contributed by atoms with Crippen LogP contribution >= 0.6 is 11.6 Å². The number of piperidine rings is 1. The largest absolute Gasteiger partial charge is 0.434 e. The minimum atomic E-state index is -4.24. The summed E-state index contributed by atoms with van der Waals surface area (Å²) in [5, 5.41) is 9.52. The Morgan fingerprint density at radius 3 is 2.53 bits per heavy atom. The smallest absolute Gasteiger partial charge is 0.391 e. The van der Waals surface area contributed by atoms with Gasteiger partial charge in [-0.15, -0.1) is 5.10 Å². The fourth-order valence-electron chi connectivity index (χ4n) is 5.10. The number of anilines is 1. The van der Waals surface area contributed by atoms with Crippen LogP contribution in [0, 0.1) is 19.7 Å². The summed E-state index contributed by atoms with van der Waals surface area (Å²) in [6.45, 7) is 7.59. The van der Waals surface area contributed by atoms with Gasteiger partial charge < -0.3 is 9.73 Å². The molecule has 0 saturated carbocycles. The summed E-state index contributed by atoms with van der Waals surface area (Å²) in [4.78, 5) is 14.0. The number of rotatable bonds is 9. The number of aromatic amines is 1. The number of likely N-dealkylation sites (tertiary alicyclic amines) is 1. The SMILES string of the molecule is CNc1c(S(=O)(=O)N[C@H](c2n[nH]c(=O)o2)[C@H](C)c2c(F)ccc(C)c2C)ccc(Cl)c1CN1CCCCC1. The van der Waals surface area contributed by atoms with E-state index in [1.165, 1.54) is 18.6 Å². The van der Waals surface area contributed by atoms with Gasteiger partial charge in [-0.3, -0.25) is 4.90 Å². The van der Waals surface area contributed by atoms with Crippen LogP contribution in [0.2, 0.25) is 5.02 Å². The number of halogens is 2. The summed E-state index contributed by atoms with van der Waals surface area (Å²) in [5.74, 6) is -2.30. The molecular formula is C26H33ClFN5O4S. The summed E-state index contributed by atoms with van der Waals surface area (Å²) in [6.07, 6.45) is 3.33. The van der Waals surface area contributed by atoms with Crippen LogP contribution in [-0.2, 0) is 16.6 Å². The van der Waals surface area contributed by atoms with Crippen LogP contribution in [0.3, 0.4) is 0 Å². The Labute approximate surface area is 226 Å². The molecule has 1 aliphatic rings. The highest BCUT2D eigenvalue weighted by molar-refractivity contribution is 7.89. The molecule has 0 radical (unpaired) electrons. The van der Waals surface area contributed by atoms with E-state index in [1.807, 2.05) is 6.92 Å². The van der Waals surface area contributed by atoms with Gasteiger partial charge in [-0.05, 0) is 74.7 Å². The van der Waals surface area contributed by atoms with Crippen molar-refractivity contribution in [1.82, 2.24) is 19.8 Å². The normalized spacial score (nSPS) is 16.4. The molecule has 3 aromatic rings. The van der Waals surface area contributed by atoms with E-state index in [2.05, 4.69) is 25.1 Å². The van der Waals surface area contributed by atoms with Gasteiger partial charge in [-0.25, -0.2) is 22.7 Å². The molecule has 2 heterocycles. The van der Waals surface area contributed by atoms with Crippen molar-refractivity contribution in [3.8, 4) is 0 Å². The first kappa shape index (κ1) is 28.3. The highest BCUT2D eigenvalue weighted by atomic mass is 35.5. The van der Waals surface area contributed by atoms with Gasteiger partial charge in [0, 0.05) is 30.1 Å². The van der Waals surface area contributed by atoms with Gasteiger partial charge in [0.2, 0.25) is 15.9 Å². The van der Waals surface area contributed by atoms with Gasteiger partial charge in [-0.2, -0.15) is 4.72 Å². The van der Waals surface area contributed by atoms with E-state index >= 15 is 4.39 Å². The number of aromatic nitrogens is 2. The summed E-state index contributed by atoms with van der Waals surface area (Å²) in [7, 11) is -2.60. The maximum atomic E-state index is 15.0. The Kier molecular flexibility index (Phi) is 8.61. The van der Waals surface area contributed by atoms with Gasteiger partial charge in [-0.1, -0.05) is 31.0 Å². The van der Waals surface area contributed by atoms with E-state index < -0.39 is 33.6 Å². The highest BCUT2D eigenvalue weighted by Crippen LogP contribution is 2.37. The lowest BCUT2D eigenvalue weighted by atomic mass is 9.88. The topological polar surface area (TPSA) is 120 Å². The number of hydrogen-bond donors (Lipinski definition) is 3. The van der Waals surface area contributed by atoms with Gasteiger partial charge >= 0.3 is 5.76 Å². The molecule has 1 saturated heterocycles. The zero-order valence-corrected chi connectivity index (χ0v) is 23.5. The van der Waals surface area contributed by atoms with Crippen LogP contribution in [0.5, 0.6) is 0 Å². The Balaban J connectivity index is 1.76. The van der Waals surface area contributed by atoms with Crippen molar-refractivity contribution in [3.05, 3.63) is 73.8 Å². The van der Waals surface area contributed by atoms with Crippen molar-refractivity contribution < 1.29 is 17.2 Å². The second-order valence-electron chi connectivity index (χ2n) is 9.73. The Morgan fingerprint density at radius 2 is 1.89 bits per heavy atom. The first-order valence-electron chi connectivity index (χ1n) is 12.6. The first-order chi connectivity index (χ1) is 18.0. The molecule has 2 aromatic carbocycles. The van der Waals surface area contributed by atoms with Crippen molar-refractivity contribution in [1.29, 1.82) is 0 Å². The third-order valence-electron chi connectivity index (χ3n) is 7.28. The highest BCUT2D eigenvalue weighted by Gasteiger charge is 2.35. The molecular weight excluding hydrogens is 533 g/mol. The first-order valence-corrected chi connectivity index (χ1v) is 14.4. The monoisotopic (exact) mass is 565 g/mol. The van der Waals surface area contributed by atoms with Crippen molar-refractivity contribution in [2.45, 2.75) is 63.4 Å². The van der Waals surface area contributed by atoms with E-state index in [-0.39, 0.29) is 10.8 Å². The van der Waals surface area contributed by atoms with Crippen LogP contribution < -0.4 is 15.8 Å². The van der Waals surface area contributed by atoms with Gasteiger partial charge in [0.1, 0.15) is 16.8 Å². The molecule has 3 N–H and O–H groups in total. The average Bonchev–Trinajstić information content (AvgIpc) is 3.32. The van der Waals surface area contributed by atoms with Crippen LogP contribution in [0.4, 0.5) is 10.1 Å². The van der Waals surface area contributed by atoms with E-state index in [0.717, 1.165) is 31.5 Å². The van der Waals surface area contributed by atoms with E-state index in [4.69, 9.17) is 16.0 Å². The second-order valence-corrected chi connectivity index (χ2v) is 11.8. The number of nitrogens with one attached hydrogen (secondary N) is 3. The molecule has 0 aliphatic carbocycles. The van der Waals surface area contributed by atoms with Crippen molar-refractivity contribution in [2.75, 3.05) is 25.5 Å². The predicted molar refractivity (Wildman–Crippen MR) is 145 cm³/mol. The molecule has 0 unspecified atom stereocenters. The van der Waals surface area contributed by atoms with Crippen LogP contribution in [0.1, 0.15) is 66.3 Å². The van der Waals surface area contributed by atoms with Gasteiger partial charge in [0.05, 0.1) is 5.69 Å². The number of benzene rings is 2. The molecule has 1 aliphatic heterocycles. The fourth-order valence-corrected chi connectivity index (χ4v) is 6.82. The Bertz CT molecular complexity index is 1470. The van der Waals surface area contributed by atoms with Crippen molar-refractivity contribution in [2.24, 2.45) is 0 Å². The number of sulfonamides is 1. The third kappa shape index (κ3) is 5.80. The lowest BCUT2D eigenvalue weighted by Crippen LogP contribution is -2.34. The predicted octanol–water partition coefficient (Wildman–Crippen LogP) is 4.62. The van der Waals surface area contributed by atoms with Gasteiger partial charge in [0.15, 0.2) is 0 Å². The fraction of sp³-hybridized carbons (Fsp3) is 0.462. The van der Waals surface area contributed by atoms with Crippen LogP contribution in [0.15, 0.2) is 38.4 Å². The zero-order chi connectivity index (χ0) is 27.6. The van der Waals surface area contributed by atoms with Crippen molar-refractivity contribution >= 4 is 27.3 Å². The molecule has 1 aromatic heterocycles. The van der Waals surface area contributed by atoms with E-state index in [1.54, 1.807) is 33.0 Å². The standard InChI is InChI=1S/C26H33ClFN5O4S/c1-15-8-10-20(28)22(16(15)2)17(3)23(25-30-31-26(34)37-25)32-38(35,36)21-11-9-19(27)18(24(21)29-4)14-33-12-6-5-7-13-33/h8-11,17,23,29,32H,5-7,12-14H2,1-4H3,(H,31,34)/t17-,23+/m1/s1. The molecule has 2 atom stereocenters.